The van der Waals surface area contributed by atoms with Crippen LogP contribution in [0.3, 0.4) is 0 Å². The summed E-state index contributed by atoms with van der Waals surface area (Å²) < 4.78 is 0. The molecule has 0 amide bonds. The van der Waals surface area contributed by atoms with Gasteiger partial charge in [0.2, 0.25) is 0 Å². The van der Waals surface area contributed by atoms with Gasteiger partial charge >= 0.3 is 5.97 Å². The van der Waals surface area contributed by atoms with Crippen molar-refractivity contribution in [3.63, 3.8) is 0 Å². The van der Waals surface area contributed by atoms with Gasteiger partial charge in [-0.2, -0.15) is 10.2 Å². The molecule has 0 aliphatic carbocycles. The normalized spacial score (nSPS) is 10.2. The van der Waals surface area contributed by atoms with Crippen molar-refractivity contribution in [3.05, 3.63) is 36.0 Å². The lowest BCUT2D eigenvalue weighted by Crippen LogP contribution is -1.99. The molecule has 0 fully saturated rings. The van der Waals surface area contributed by atoms with Crippen LogP contribution in [-0.2, 0) is 0 Å². The van der Waals surface area contributed by atoms with E-state index in [1.165, 1.54) is 6.20 Å². The zero-order chi connectivity index (χ0) is 9.26. The van der Waals surface area contributed by atoms with Crippen molar-refractivity contribution in [2.24, 2.45) is 0 Å². The molecule has 0 saturated carbocycles. The van der Waals surface area contributed by atoms with Gasteiger partial charge in [-0.3, -0.25) is 0 Å². The molecule has 0 atom stereocenters. The van der Waals surface area contributed by atoms with Gasteiger partial charge in [0.25, 0.3) is 0 Å². The SMILES string of the molecule is O=C(O)c1cnnc2ccccc12. The van der Waals surface area contributed by atoms with Crippen molar-refractivity contribution in [3.8, 4) is 0 Å². The third kappa shape index (κ3) is 1.22. The van der Waals surface area contributed by atoms with Crippen LogP contribution in [0.5, 0.6) is 0 Å². The number of rotatable bonds is 1. The van der Waals surface area contributed by atoms with Crippen LogP contribution in [0, 0.1) is 0 Å². The molecule has 4 nitrogen and oxygen atoms in total. The molecule has 2 aromatic rings. The Morgan fingerprint density at radius 3 is 2.85 bits per heavy atom. The van der Waals surface area contributed by atoms with Gasteiger partial charge in [-0.25, -0.2) is 4.79 Å². The Labute approximate surface area is 73.8 Å². The maximum absolute atomic E-state index is 10.7. The Hall–Kier alpha value is -1.97. The Morgan fingerprint density at radius 2 is 2.08 bits per heavy atom. The minimum absolute atomic E-state index is 0.186. The van der Waals surface area contributed by atoms with Gasteiger partial charge in [-0.1, -0.05) is 18.2 Å². The lowest BCUT2D eigenvalue weighted by molar-refractivity contribution is 0.0698. The summed E-state index contributed by atoms with van der Waals surface area (Å²) in [5.74, 6) is -0.980. The van der Waals surface area contributed by atoms with Gasteiger partial charge in [0.05, 0.1) is 17.3 Å². The largest absolute Gasteiger partial charge is 0.478 e. The van der Waals surface area contributed by atoms with Crippen molar-refractivity contribution in [1.29, 1.82) is 0 Å². The van der Waals surface area contributed by atoms with Crippen molar-refractivity contribution >= 4 is 16.9 Å². The zero-order valence-electron chi connectivity index (χ0n) is 6.64. The summed E-state index contributed by atoms with van der Waals surface area (Å²) in [7, 11) is 0. The van der Waals surface area contributed by atoms with Crippen LogP contribution in [0.4, 0.5) is 0 Å². The summed E-state index contributed by atoms with van der Waals surface area (Å²) in [6.45, 7) is 0. The quantitative estimate of drug-likeness (QED) is 0.708. The lowest BCUT2D eigenvalue weighted by Gasteiger charge is -1.98. The summed E-state index contributed by atoms with van der Waals surface area (Å²) in [6, 6.07) is 7.02. The van der Waals surface area contributed by atoms with Crippen LogP contribution >= 0.6 is 0 Å². The molecular weight excluding hydrogens is 168 g/mol. The Kier molecular flexibility index (Phi) is 1.66. The fraction of sp³-hybridized carbons (Fsp3) is 0. The summed E-state index contributed by atoms with van der Waals surface area (Å²) >= 11 is 0. The molecule has 0 spiro atoms. The maximum Gasteiger partial charge on any atom is 0.338 e. The van der Waals surface area contributed by atoms with E-state index < -0.39 is 5.97 Å². The molecule has 0 aliphatic heterocycles. The summed E-state index contributed by atoms with van der Waals surface area (Å²) in [4.78, 5) is 10.7. The third-order valence-corrected chi connectivity index (χ3v) is 1.78. The van der Waals surface area contributed by atoms with Gasteiger partial charge in [-0.05, 0) is 6.07 Å². The van der Waals surface area contributed by atoms with E-state index in [-0.39, 0.29) is 5.56 Å². The van der Waals surface area contributed by atoms with E-state index >= 15 is 0 Å². The first kappa shape index (κ1) is 7.67. The molecule has 0 saturated heterocycles. The second-order valence-corrected chi connectivity index (χ2v) is 2.58. The average Bonchev–Trinajstić information content (AvgIpc) is 2.17. The number of aromatic nitrogens is 2. The van der Waals surface area contributed by atoms with E-state index in [0.29, 0.717) is 10.9 Å². The number of hydrogen-bond donors (Lipinski definition) is 1. The second kappa shape index (κ2) is 2.82. The minimum atomic E-state index is -0.980. The van der Waals surface area contributed by atoms with Crippen molar-refractivity contribution in [2.75, 3.05) is 0 Å². The molecule has 1 heterocycles. The summed E-state index contributed by atoms with van der Waals surface area (Å²) in [5, 5.41) is 16.8. The van der Waals surface area contributed by atoms with Gasteiger partial charge < -0.3 is 5.11 Å². The number of hydrogen-bond acceptors (Lipinski definition) is 3. The number of nitrogens with zero attached hydrogens (tertiary/aromatic N) is 2. The van der Waals surface area contributed by atoms with Gasteiger partial charge in [0.15, 0.2) is 0 Å². The van der Waals surface area contributed by atoms with E-state index in [1.807, 2.05) is 0 Å². The Morgan fingerprint density at radius 1 is 1.31 bits per heavy atom. The van der Waals surface area contributed by atoms with Crippen LogP contribution in [-0.4, -0.2) is 21.3 Å². The number of carbonyl (C=O) groups is 1. The first-order valence-electron chi connectivity index (χ1n) is 3.73. The first-order chi connectivity index (χ1) is 6.29. The molecule has 0 unspecified atom stereocenters. The van der Waals surface area contributed by atoms with Gasteiger partial charge in [0, 0.05) is 5.39 Å². The first-order valence-corrected chi connectivity index (χ1v) is 3.73. The molecule has 2 rings (SSSR count). The highest BCUT2D eigenvalue weighted by molar-refractivity contribution is 6.01. The van der Waals surface area contributed by atoms with Crippen LogP contribution < -0.4 is 0 Å². The topological polar surface area (TPSA) is 63.1 Å². The van der Waals surface area contributed by atoms with E-state index in [4.69, 9.17) is 5.11 Å². The molecule has 0 aliphatic rings. The number of aromatic carboxylic acids is 1. The predicted octanol–water partition coefficient (Wildman–Crippen LogP) is 1.33. The van der Waals surface area contributed by atoms with Gasteiger partial charge in [0.1, 0.15) is 0 Å². The molecule has 1 aromatic carbocycles. The molecule has 0 radical (unpaired) electrons. The molecule has 4 heteroatoms. The maximum atomic E-state index is 10.7. The van der Waals surface area contributed by atoms with E-state index in [2.05, 4.69) is 10.2 Å². The molecular formula is C9H6N2O2. The fourth-order valence-corrected chi connectivity index (χ4v) is 1.18. The Balaban J connectivity index is 2.83. The number of carboxylic acid groups (broad SMARTS) is 1. The second-order valence-electron chi connectivity index (χ2n) is 2.58. The molecule has 13 heavy (non-hydrogen) atoms. The fourth-order valence-electron chi connectivity index (χ4n) is 1.18. The monoisotopic (exact) mass is 174 g/mol. The lowest BCUT2D eigenvalue weighted by atomic mass is 10.1. The molecule has 1 N–H and O–H groups in total. The predicted molar refractivity (Wildman–Crippen MR) is 46.5 cm³/mol. The summed E-state index contributed by atoms with van der Waals surface area (Å²) in [5.41, 5.74) is 0.785. The highest BCUT2D eigenvalue weighted by atomic mass is 16.4. The van der Waals surface area contributed by atoms with Crippen LogP contribution in [0.2, 0.25) is 0 Å². The Bertz CT molecular complexity index is 463. The summed E-state index contributed by atoms with van der Waals surface area (Å²) in [6.07, 6.45) is 1.25. The van der Waals surface area contributed by atoms with E-state index in [0.717, 1.165) is 0 Å². The van der Waals surface area contributed by atoms with Crippen LogP contribution in [0.15, 0.2) is 30.5 Å². The highest BCUT2D eigenvalue weighted by Gasteiger charge is 2.08. The van der Waals surface area contributed by atoms with Crippen molar-refractivity contribution in [1.82, 2.24) is 10.2 Å². The zero-order valence-corrected chi connectivity index (χ0v) is 6.64. The standard InChI is InChI=1S/C9H6N2O2/c12-9(13)7-5-10-11-8-4-2-1-3-6(7)8/h1-5H,(H,12,13). The minimum Gasteiger partial charge on any atom is -0.478 e. The average molecular weight is 174 g/mol. The van der Waals surface area contributed by atoms with Crippen molar-refractivity contribution in [2.45, 2.75) is 0 Å². The molecule has 1 aromatic heterocycles. The number of carboxylic acids is 1. The van der Waals surface area contributed by atoms with E-state index in [9.17, 15) is 4.79 Å². The third-order valence-electron chi connectivity index (χ3n) is 1.78. The van der Waals surface area contributed by atoms with Crippen molar-refractivity contribution < 1.29 is 9.90 Å². The van der Waals surface area contributed by atoms with Gasteiger partial charge in [-0.15, -0.1) is 0 Å². The van der Waals surface area contributed by atoms with Crippen LogP contribution in [0.1, 0.15) is 10.4 Å². The number of fused-ring (bicyclic) bond motifs is 1. The highest BCUT2D eigenvalue weighted by Crippen LogP contribution is 2.14. The molecule has 64 valence electrons. The molecule has 0 bridgehead atoms. The number of benzene rings is 1. The van der Waals surface area contributed by atoms with E-state index in [1.54, 1.807) is 24.3 Å². The van der Waals surface area contributed by atoms with Crippen LogP contribution in [0.25, 0.3) is 10.9 Å². The smallest absolute Gasteiger partial charge is 0.338 e.